The Hall–Kier alpha value is -2.83. The van der Waals surface area contributed by atoms with E-state index in [9.17, 15) is 14.4 Å². The summed E-state index contributed by atoms with van der Waals surface area (Å²) in [5.41, 5.74) is 6.10. The summed E-state index contributed by atoms with van der Waals surface area (Å²) < 4.78 is 0. The monoisotopic (exact) mass is 275 g/mol. The predicted octanol–water partition coefficient (Wildman–Crippen LogP) is 0.180. The summed E-state index contributed by atoms with van der Waals surface area (Å²) in [6.45, 7) is -1.02. The fraction of sp³-hybridized carbons (Fsp3) is 0.154. The first-order chi connectivity index (χ1) is 9.49. The Labute approximate surface area is 114 Å². The van der Waals surface area contributed by atoms with Gasteiger partial charge in [0, 0.05) is 17.1 Å². The molecule has 1 aromatic carbocycles. The van der Waals surface area contributed by atoms with E-state index in [1.54, 1.807) is 18.2 Å². The van der Waals surface area contributed by atoms with Gasteiger partial charge in [-0.2, -0.15) is 0 Å². The van der Waals surface area contributed by atoms with Crippen LogP contribution in [0, 0.1) is 0 Å². The maximum atomic E-state index is 12.3. The largest absolute Gasteiger partial charge is 0.480 e. The molecule has 0 saturated carbocycles. The van der Waals surface area contributed by atoms with E-state index in [-0.39, 0.29) is 0 Å². The smallest absolute Gasteiger partial charge is 0.323 e. The van der Waals surface area contributed by atoms with Gasteiger partial charge in [-0.25, -0.2) is 0 Å². The highest BCUT2D eigenvalue weighted by Gasteiger charge is 2.22. The summed E-state index contributed by atoms with van der Waals surface area (Å²) in [5.74, 6) is -2.53. The van der Waals surface area contributed by atoms with E-state index in [0.717, 1.165) is 10.4 Å². The van der Waals surface area contributed by atoms with Gasteiger partial charge in [0.25, 0.3) is 5.91 Å². The van der Waals surface area contributed by atoms with Crippen LogP contribution in [0.25, 0.3) is 10.9 Å². The minimum atomic E-state index is -1.21. The van der Waals surface area contributed by atoms with Gasteiger partial charge in [-0.05, 0) is 6.07 Å². The second-order valence-corrected chi connectivity index (χ2v) is 4.27. The van der Waals surface area contributed by atoms with Gasteiger partial charge >= 0.3 is 5.97 Å². The van der Waals surface area contributed by atoms with Crippen molar-refractivity contribution in [3.05, 3.63) is 36.0 Å². The van der Waals surface area contributed by atoms with Crippen molar-refractivity contribution in [1.82, 2.24) is 9.88 Å². The van der Waals surface area contributed by atoms with Crippen LogP contribution in [0.15, 0.2) is 30.5 Å². The van der Waals surface area contributed by atoms with Crippen LogP contribution < -0.4 is 5.73 Å². The number of carboxylic acids is 1. The van der Waals surface area contributed by atoms with Gasteiger partial charge in [0.2, 0.25) is 5.91 Å². The molecule has 0 atom stereocenters. The zero-order valence-electron chi connectivity index (χ0n) is 10.5. The predicted molar refractivity (Wildman–Crippen MR) is 71.0 cm³/mol. The Balaban J connectivity index is 2.35. The summed E-state index contributed by atoms with van der Waals surface area (Å²) in [7, 11) is 0. The number of aromatic nitrogens is 1. The number of hydrogen-bond donors (Lipinski definition) is 3. The molecule has 2 amide bonds. The first-order valence-electron chi connectivity index (χ1n) is 5.84. The number of amides is 2. The topological polar surface area (TPSA) is 116 Å². The highest BCUT2D eigenvalue weighted by molar-refractivity contribution is 6.08. The van der Waals surface area contributed by atoms with E-state index >= 15 is 0 Å². The van der Waals surface area contributed by atoms with Gasteiger partial charge in [0.15, 0.2) is 0 Å². The lowest BCUT2D eigenvalue weighted by Gasteiger charge is -2.18. The fourth-order valence-electron chi connectivity index (χ4n) is 1.97. The van der Waals surface area contributed by atoms with Crippen LogP contribution >= 0.6 is 0 Å². The number of primary amides is 1. The third-order valence-corrected chi connectivity index (χ3v) is 2.78. The maximum Gasteiger partial charge on any atom is 0.323 e. The quantitative estimate of drug-likeness (QED) is 0.721. The molecule has 7 heteroatoms. The summed E-state index contributed by atoms with van der Waals surface area (Å²) in [4.78, 5) is 37.9. The second kappa shape index (κ2) is 5.43. The number of benzene rings is 1. The van der Waals surface area contributed by atoms with Crippen LogP contribution in [0.3, 0.4) is 0 Å². The number of nitrogens with two attached hydrogens (primary N) is 1. The summed E-state index contributed by atoms with van der Waals surface area (Å²) in [6.07, 6.45) is 1.49. The summed E-state index contributed by atoms with van der Waals surface area (Å²) >= 11 is 0. The van der Waals surface area contributed by atoms with Crippen molar-refractivity contribution >= 4 is 28.7 Å². The molecular formula is C13H13N3O4. The van der Waals surface area contributed by atoms with E-state index in [2.05, 4.69) is 4.98 Å². The highest BCUT2D eigenvalue weighted by atomic mass is 16.4. The van der Waals surface area contributed by atoms with Crippen LogP contribution in [-0.4, -0.2) is 45.9 Å². The molecule has 0 radical (unpaired) electrons. The number of fused-ring (bicyclic) bond motifs is 1. The van der Waals surface area contributed by atoms with Crippen molar-refractivity contribution < 1.29 is 19.5 Å². The average molecular weight is 275 g/mol. The second-order valence-electron chi connectivity index (χ2n) is 4.27. The molecule has 2 rings (SSSR count). The van der Waals surface area contributed by atoms with Crippen LogP contribution in [-0.2, 0) is 9.59 Å². The van der Waals surface area contributed by atoms with Gasteiger partial charge in [-0.15, -0.1) is 0 Å². The molecule has 20 heavy (non-hydrogen) atoms. The first kappa shape index (κ1) is 13.6. The molecule has 7 nitrogen and oxygen atoms in total. The highest BCUT2D eigenvalue weighted by Crippen LogP contribution is 2.19. The molecule has 0 fully saturated rings. The standard InChI is InChI=1S/C13H13N3O4/c14-11(17)6-16(7-12(18)19)13(20)9-5-15-10-4-2-1-3-8(9)10/h1-5,15H,6-7H2,(H2,14,17)(H,18,19). The Morgan fingerprint density at radius 3 is 2.55 bits per heavy atom. The first-order valence-corrected chi connectivity index (χ1v) is 5.84. The lowest BCUT2D eigenvalue weighted by molar-refractivity contribution is -0.138. The Morgan fingerprint density at radius 2 is 1.90 bits per heavy atom. The van der Waals surface area contributed by atoms with Crippen LogP contribution in [0.4, 0.5) is 0 Å². The number of carbonyl (C=O) groups excluding carboxylic acids is 2. The normalized spacial score (nSPS) is 10.4. The SMILES string of the molecule is NC(=O)CN(CC(=O)O)C(=O)c1c[nH]c2ccccc12. The van der Waals surface area contributed by atoms with Crippen molar-refractivity contribution in [2.24, 2.45) is 5.73 Å². The van der Waals surface area contributed by atoms with Crippen molar-refractivity contribution in [1.29, 1.82) is 0 Å². The van der Waals surface area contributed by atoms with Crippen LogP contribution in [0.2, 0.25) is 0 Å². The number of para-hydroxylation sites is 1. The Morgan fingerprint density at radius 1 is 1.20 bits per heavy atom. The summed E-state index contributed by atoms with van der Waals surface area (Å²) in [5, 5.41) is 9.47. The molecular weight excluding hydrogens is 262 g/mol. The number of nitrogens with zero attached hydrogens (tertiary/aromatic N) is 1. The van der Waals surface area contributed by atoms with E-state index < -0.39 is 30.9 Å². The third-order valence-electron chi connectivity index (χ3n) is 2.78. The number of rotatable bonds is 5. The lowest BCUT2D eigenvalue weighted by Crippen LogP contribution is -2.41. The van der Waals surface area contributed by atoms with Gasteiger partial charge < -0.3 is 20.7 Å². The van der Waals surface area contributed by atoms with E-state index in [4.69, 9.17) is 10.8 Å². The molecule has 0 aliphatic carbocycles. The van der Waals surface area contributed by atoms with E-state index in [1.807, 2.05) is 6.07 Å². The number of aliphatic carboxylic acids is 1. The molecule has 2 aromatic rings. The molecule has 0 saturated heterocycles. The average Bonchev–Trinajstić information content (AvgIpc) is 2.79. The molecule has 0 aliphatic heterocycles. The number of aromatic amines is 1. The van der Waals surface area contributed by atoms with Crippen molar-refractivity contribution in [3.63, 3.8) is 0 Å². The molecule has 0 bridgehead atoms. The third kappa shape index (κ3) is 2.77. The van der Waals surface area contributed by atoms with Crippen molar-refractivity contribution in [2.75, 3.05) is 13.1 Å². The minimum Gasteiger partial charge on any atom is -0.480 e. The molecule has 1 heterocycles. The molecule has 1 aromatic heterocycles. The molecule has 0 spiro atoms. The Bertz CT molecular complexity index is 661. The number of nitrogens with one attached hydrogen (secondary N) is 1. The van der Waals surface area contributed by atoms with Gasteiger partial charge in [-0.3, -0.25) is 14.4 Å². The van der Waals surface area contributed by atoms with E-state index in [0.29, 0.717) is 10.9 Å². The van der Waals surface area contributed by atoms with E-state index in [1.165, 1.54) is 6.20 Å². The van der Waals surface area contributed by atoms with Crippen molar-refractivity contribution in [3.8, 4) is 0 Å². The molecule has 0 unspecified atom stereocenters. The van der Waals surface area contributed by atoms with Gasteiger partial charge in [0.1, 0.15) is 13.1 Å². The van der Waals surface area contributed by atoms with Gasteiger partial charge in [0.05, 0.1) is 5.56 Å². The molecule has 4 N–H and O–H groups in total. The number of H-pyrrole nitrogens is 1. The number of carbonyl (C=O) groups is 3. The zero-order chi connectivity index (χ0) is 14.7. The maximum absolute atomic E-state index is 12.3. The van der Waals surface area contributed by atoms with Crippen LogP contribution in [0.5, 0.6) is 0 Å². The zero-order valence-corrected chi connectivity index (χ0v) is 10.5. The lowest BCUT2D eigenvalue weighted by atomic mass is 10.1. The molecule has 0 aliphatic rings. The minimum absolute atomic E-state index is 0.308. The van der Waals surface area contributed by atoms with Crippen LogP contribution in [0.1, 0.15) is 10.4 Å². The fourth-order valence-corrected chi connectivity index (χ4v) is 1.97. The van der Waals surface area contributed by atoms with Gasteiger partial charge in [-0.1, -0.05) is 18.2 Å². The number of hydrogen-bond acceptors (Lipinski definition) is 3. The summed E-state index contributed by atoms with van der Waals surface area (Å²) in [6, 6.07) is 7.11. The Kier molecular flexibility index (Phi) is 3.69. The van der Waals surface area contributed by atoms with Crippen molar-refractivity contribution in [2.45, 2.75) is 0 Å². The number of carboxylic acid groups (broad SMARTS) is 1. The molecule has 104 valence electrons.